The van der Waals surface area contributed by atoms with E-state index in [-0.39, 0.29) is 0 Å². The van der Waals surface area contributed by atoms with Crippen molar-refractivity contribution in [3.8, 4) is 0 Å². The molecular formula is C13H17ClN2O. The van der Waals surface area contributed by atoms with Crippen LogP contribution in [-0.2, 0) is 6.42 Å². The Balaban J connectivity index is 1.78. The van der Waals surface area contributed by atoms with Gasteiger partial charge in [-0.2, -0.15) is 0 Å². The van der Waals surface area contributed by atoms with Crippen LogP contribution in [0.4, 0.5) is 0 Å². The van der Waals surface area contributed by atoms with Crippen LogP contribution < -0.4 is 5.32 Å². The minimum Gasteiger partial charge on any atom is -0.389 e. The SMILES string of the molecule is OC1(Cc2ccncc2Cl)CC2CCC(C1)N2. The summed E-state index contributed by atoms with van der Waals surface area (Å²) in [6, 6.07) is 2.88. The summed E-state index contributed by atoms with van der Waals surface area (Å²) in [5, 5.41) is 14.9. The number of hydrogen-bond acceptors (Lipinski definition) is 3. The second-order valence-corrected chi connectivity index (χ2v) is 5.82. The van der Waals surface area contributed by atoms with Crippen molar-refractivity contribution in [2.45, 2.75) is 49.8 Å². The fourth-order valence-electron chi connectivity index (χ4n) is 3.27. The number of nitrogens with zero attached hydrogens (tertiary/aromatic N) is 1. The van der Waals surface area contributed by atoms with Gasteiger partial charge in [-0.15, -0.1) is 0 Å². The second kappa shape index (κ2) is 4.23. The van der Waals surface area contributed by atoms with Crippen LogP contribution in [-0.4, -0.2) is 27.8 Å². The molecule has 0 amide bonds. The van der Waals surface area contributed by atoms with Gasteiger partial charge in [0, 0.05) is 30.9 Å². The molecule has 3 nitrogen and oxygen atoms in total. The van der Waals surface area contributed by atoms with Crippen LogP contribution in [0.5, 0.6) is 0 Å². The Morgan fingerprint density at radius 3 is 2.76 bits per heavy atom. The second-order valence-electron chi connectivity index (χ2n) is 5.41. The summed E-state index contributed by atoms with van der Waals surface area (Å²) in [7, 11) is 0. The van der Waals surface area contributed by atoms with Crippen molar-refractivity contribution in [1.29, 1.82) is 0 Å². The first-order valence-electron chi connectivity index (χ1n) is 6.21. The third kappa shape index (κ3) is 2.32. The standard InChI is InChI=1S/C13H17ClN2O/c14-12-8-15-4-3-9(12)5-13(17)6-10-1-2-11(7-13)16-10/h3-4,8,10-11,16-17H,1-2,5-7H2. The highest BCUT2D eigenvalue weighted by Gasteiger charge is 2.42. The summed E-state index contributed by atoms with van der Waals surface area (Å²) in [4.78, 5) is 3.98. The van der Waals surface area contributed by atoms with Crippen LogP contribution in [0.25, 0.3) is 0 Å². The summed E-state index contributed by atoms with van der Waals surface area (Å²) in [6.07, 6.45) is 8.08. The minimum absolute atomic E-state index is 0.486. The van der Waals surface area contributed by atoms with Crippen LogP contribution in [0.15, 0.2) is 18.5 Å². The molecule has 2 unspecified atom stereocenters. The first kappa shape index (κ1) is 11.5. The largest absolute Gasteiger partial charge is 0.389 e. The fraction of sp³-hybridized carbons (Fsp3) is 0.615. The number of aliphatic hydroxyl groups is 1. The predicted molar refractivity (Wildman–Crippen MR) is 67.1 cm³/mol. The third-order valence-electron chi connectivity index (χ3n) is 3.96. The number of pyridine rings is 1. The summed E-state index contributed by atoms with van der Waals surface area (Å²) in [6.45, 7) is 0. The highest BCUT2D eigenvalue weighted by Crippen LogP contribution is 2.36. The molecule has 17 heavy (non-hydrogen) atoms. The third-order valence-corrected chi connectivity index (χ3v) is 4.30. The molecule has 0 aromatic carbocycles. The summed E-state index contributed by atoms with van der Waals surface area (Å²) in [5.74, 6) is 0. The van der Waals surface area contributed by atoms with E-state index in [1.807, 2.05) is 6.07 Å². The molecule has 2 aliphatic rings. The molecule has 2 bridgehead atoms. The van der Waals surface area contributed by atoms with Gasteiger partial charge >= 0.3 is 0 Å². The minimum atomic E-state index is -0.595. The number of piperidine rings is 1. The zero-order valence-electron chi connectivity index (χ0n) is 9.69. The number of hydrogen-bond donors (Lipinski definition) is 2. The fourth-order valence-corrected chi connectivity index (χ4v) is 3.46. The van der Waals surface area contributed by atoms with Gasteiger partial charge < -0.3 is 10.4 Å². The first-order valence-corrected chi connectivity index (χ1v) is 6.59. The summed E-state index contributed by atoms with van der Waals surface area (Å²) in [5.41, 5.74) is 0.410. The normalized spacial score (nSPS) is 36.1. The van der Waals surface area contributed by atoms with Gasteiger partial charge in [0.25, 0.3) is 0 Å². The van der Waals surface area contributed by atoms with Crippen molar-refractivity contribution < 1.29 is 5.11 Å². The van der Waals surface area contributed by atoms with Gasteiger partial charge in [-0.3, -0.25) is 4.98 Å². The van der Waals surface area contributed by atoms with E-state index in [0.29, 0.717) is 23.5 Å². The zero-order chi connectivity index (χ0) is 11.9. The van der Waals surface area contributed by atoms with Crippen LogP contribution in [0.1, 0.15) is 31.2 Å². The van der Waals surface area contributed by atoms with Crippen LogP contribution in [0.3, 0.4) is 0 Å². The Morgan fingerprint density at radius 2 is 2.12 bits per heavy atom. The Bertz CT molecular complexity index is 412. The monoisotopic (exact) mass is 252 g/mol. The van der Waals surface area contributed by atoms with E-state index < -0.39 is 5.60 Å². The lowest BCUT2D eigenvalue weighted by Crippen LogP contribution is -2.49. The maximum Gasteiger partial charge on any atom is 0.0718 e. The lowest BCUT2D eigenvalue weighted by molar-refractivity contribution is -0.00608. The van der Waals surface area contributed by atoms with Gasteiger partial charge in [-0.05, 0) is 37.3 Å². The van der Waals surface area contributed by atoms with Gasteiger partial charge in [-0.25, -0.2) is 0 Å². The lowest BCUT2D eigenvalue weighted by atomic mass is 9.82. The van der Waals surface area contributed by atoms with Crippen LogP contribution in [0, 0.1) is 0 Å². The van der Waals surface area contributed by atoms with E-state index in [1.165, 1.54) is 12.8 Å². The van der Waals surface area contributed by atoms with Crippen molar-refractivity contribution in [2.75, 3.05) is 0 Å². The number of nitrogens with one attached hydrogen (secondary N) is 1. The average molecular weight is 253 g/mol. The van der Waals surface area contributed by atoms with Crippen LogP contribution >= 0.6 is 11.6 Å². The first-order chi connectivity index (χ1) is 8.15. The average Bonchev–Trinajstić information content (AvgIpc) is 2.62. The van der Waals surface area contributed by atoms with E-state index in [1.54, 1.807) is 12.4 Å². The lowest BCUT2D eigenvalue weighted by Gasteiger charge is -2.37. The Morgan fingerprint density at radius 1 is 1.41 bits per heavy atom. The van der Waals surface area contributed by atoms with Gasteiger partial charge in [0.15, 0.2) is 0 Å². The van der Waals surface area contributed by atoms with Gasteiger partial charge in [0.2, 0.25) is 0 Å². The number of fused-ring (bicyclic) bond motifs is 2. The molecule has 1 aromatic heterocycles. The summed E-state index contributed by atoms with van der Waals surface area (Å²) < 4.78 is 0. The molecule has 3 heterocycles. The highest BCUT2D eigenvalue weighted by molar-refractivity contribution is 6.31. The quantitative estimate of drug-likeness (QED) is 0.845. The smallest absolute Gasteiger partial charge is 0.0718 e. The molecular weight excluding hydrogens is 236 g/mol. The van der Waals surface area contributed by atoms with E-state index in [9.17, 15) is 5.11 Å². The van der Waals surface area contributed by atoms with Crippen molar-refractivity contribution in [3.63, 3.8) is 0 Å². The van der Waals surface area contributed by atoms with Gasteiger partial charge in [0.05, 0.1) is 10.6 Å². The Kier molecular flexibility index (Phi) is 2.85. The molecule has 2 N–H and O–H groups in total. The molecule has 0 aliphatic carbocycles. The Labute approximate surface area is 106 Å². The zero-order valence-corrected chi connectivity index (χ0v) is 10.5. The molecule has 3 rings (SSSR count). The van der Waals surface area contributed by atoms with Gasteiger partial charge in [-0.1, -0.05) is 11.6 Å². The molecule has 0 spiro atoms. The molecule has 0 radical (unpaired) electrons. The number of halogens is 1. The number of aromatic nitrogens is 1. The van der Waals surface area contributed by atoms with E-state index >= 15 is 0 Å². The van der Waals surface area contributed by atoms with E-state index in [4.69, 9.17) is 11.6 Å². The molecule has 2 fully saturated rings. The maximum absolute atomic E-state index is 10.7. The molecule has 0 saturated carbocycles. The molecule has 4 heteroatoms. The molecule has 92 valence electrons. The van der Waals surface area contributed by atoms with E-state index in [2.05, 4.69) is 10.3 Å². The molecule has 2 saturated heterocycles. The topological polar surface area (TPSA) is 45.2 Å². The molecule has 2 aliphatic heterocycles. The van der Waals surface area contributed by atoms with Crippen LogP contribution in [0.2, 0.25) is 5.02 Å². The molecule has 2 atom stereocenters. The predicted octanol–water partition coefficient (Wildman–Crippen LogP) is 1.92. The Hall–Kier alpha value is -0.640. The maximum atomic E-state index is 10.7. The van der Waals surface area contributed by atoms with Crippen molar-refractivity contribution in [3.05, 3.63) is 29.0 Å². The summed E-state index contributed by atoms with van der Waals surface area (Å²) >= 11 is 6.10. The highest BCUT2D eigenvalue weighted by atomic mass is 35.5. The van der Waals surface area contributed by atoms with Gasteiger partial charge in [0.1, 0.15) is 0 Å². The van der Waals surface area contributed by atoms with Crippen molar-refractivity contribution in [1.82, 2.24) is 10.3 Å². The molecule has 1 aromatic rings. The van der Waals surface area contributed by atoms with Crippen molar-refractivity contribution in [2.24, 2.45) is 0 Å². The van der Waals surface area contributed by atoms with Crippen molar-refractivity contribution >= 4 is 11.6 Å². The van der Waals surface area contributed by atoms with E-state index in [0.717, 1.165) is 18.4 Å². The number of rotatable bonds is 2.